The highest BCUT2D eigenvalue weighted by Gasteiger charge is 2.22. The Hall–Kier alpha value is -2.56. The third kappa shape index (κ3) is 3.06. The smallest absolute Gasteiger partial charge is 0.332 e. The molecule has 3 N–H and O–H groups in total. The number of benzene rings is 2. The normalized spacial score (nSPS) is 11.7. The SMILES string of the molecule is COC(=O)C(Nc1ccc(N)cc1F)c1ccccc1. The number of ether oxygens (including phenoxy) is 1. The zero-order valence-corrected chi connectivity index (χ0v) is 11.0. The Morgan fingerprint density at radius 3 is 2.55 bits per heavy atom. The zero-order chi connectivity index (χ0) is 14.5. The molecule has 0 bridgehead atoms. The summed E-state index contributed by atoms with van der Waals surface area (Å²) in [7, 11) is 1.29. The van der Waals surface area contributed by atoms with E-state index in [0.717, 1.165) is 0 Å². The minimum atomic E-state index is -0.778. The van der Waals surface area contributed by atoms with Gasteiger partial charge in [0.05, 0.1) is 12.8 Å². The minimum absolute atomic E-state index is 0.193. The Labute approximate surface area is 116 Å². The molecule has 0 spiro atoms. The summed E-state index contributed by atoms with van der Waals surface area (Å²) >= 11 is 0. The second-order valence-electron chi connectivity index (χ2n) is 4.25. The van der Waals surface area contributed by atoms with Gasteiger partial charge in [-0.15, -0.1) is 0 Å². The Morgan fingerprint density at radius 1 is 1.25 bits per heavy atom. The van der Waals surface area contributed by atoms with Gasteiger partial charge in [0.25, 0.3) is 0 Å². The van der Waals surface area contributed by atoms with Crippen molar-refractivity contribution in [3.63, 3.8) is 0 Å². The molecule has 0 fully saturated rings. The molecule has 2 aromatic carbocycles. The lowest BCUT2D eigenvalue weighted by molar-refractivity contribution is -0.141. The number of nitrogens with two attached hydrogens (primary N) is 1. The van der Waals surface area contributed by atoms with Gasteiger partial charge in [-0.2, -0.15) is 0 Å². The first-order valence-corrected chi connectivity index (χ1v) is 6.06. The number of carbonyl (C=O) groups excluding carboxylic acids is 1. The first-order chi connectivity index (χ1) is 9.61. The Bertz CT molecular complexity index is 602. The van der Waals surface area contributed by atoms with Crippen LogP contribution < -0.4 is 11.1 Å². The topological polar surface area (TPSA) is 64.3 Å². The largest absolute Gasteiger partial charge is 0.467 e. The van der Waals surface area contributed by atoms with E-state index >= 15 is 0 Å². The third-order valence-electron chi connectivity index (χ3n) is 2.86. The number of anilines is 2. The van der Waals surface area contributed by atoms with E-state index in [1.54, 1.807) is 30.3 Å². The Kier molecular flexibility index (Phi) is 4.20. The molecule has 0 amide bonds. The quantitative estimate of drug-likeness (QED) is 0.664. The van der Waals surface area contributed by atoms with E-state index in [2.05, 4.69) is 5.32 Å². The Balaban J connectivity index is 2.31. The predicted octanol–water partition coefficient (Wildman–Crippen LogP) is 2.73. The fourth-order valence-electron chi connectivity index (χ4n) is 1.85. The van der Waals surface area contributed by atoms with Crippen molar-refractivity contribution in [3.8, 4) is 0 Å². The summed E-state index contributed by atoms with van der Waals surface area (Å²) in [5.41, 5.74) is 6.70. The van der Waals surface area contributed by atoms with Crippen LogP contribution in [0.2, 0.25) is 0 Å². The number of methoxy groups -OCH3 is 1. The number of hydrogen-bond acceptors (Lipinski definition) is 4. The molecule has 4 nitrogen and oxygen atoms in total. The maximum Gasteiger partial charge on any atom is 0.332 e. The lowest BCUT2D eigenvalue weighted by Crippen LogP contribution is -2.22. The zero-order valence-electron chi connectivity index (χ0n) is 11.0. The molecule has 20 heavy (non-hydrogen) atoms. The average Bonchev–Trinajstić information content (AvgIpc) is 2.46. The molecule has 5 heteroatoms. The molecule has 0 aliphatic carbocycles. The van der Waals surface area contributed by atoms with Crippen LogP contribution in [-0.4, -0.2) is 13.1 Å². The van der Waals surface area contributed by atoms with E-state index in [1.807, 2.05) is 6.07 Å². The predicted molar refractivity (Wildman–Crippen MR) is 75.6 cm³/mol. The van der Waals surface area contributed by atoms with Gasteiger partial charge in [0.2, 0.25) is 0 Å². The van der Waals surface area contributed by atoms with Crippen molar-refractivity contribution >= 4 is 17.3 Å². The molecule has 1 unspecified atom stereocenters. The van der Waals surface area contributed by atoms with Crippen molar-refractivity contribution in [2.75, 3.05) is 18.2 Å². The van der Waals surface area contributed by atoms with Crippen LogP contribution in [0.25, 0.3) is 0 Å². The highest BCUT2D eigenvalue weighted by Crippen LogP contribution is 2.24. The first-order valence-electron chi connectivity index (χ1n) is 6.06. The fourth-order valence-corrected chi connectivity index (χ4v) is 1.85. The molecule has 104 valence electrons. The number of halogens is 1. The standard InChI is InChI=1S/C15H15FN2O2/c1-20-15(19)14(10-5-3-2-4-6-10)18-13-8-7-11(17)9-12(13)16/h2-9,14,18H,17H2,1H3. The van der Waals surface area contributed by atoms with E-state index in [0.29, 0.717) is 11.3 Å². The van der Waals surface area contributed by atoms with Crippen LogP contribution >= 0.6 is 0 Å². The molecule has 0 saturated carbocycles. The number of rotatable bonds is 4. The lowest BCUT2D eigenvalue weighted by Gasteiger charge is -2.18. The molecule has 2 aromatic rings. The van der Waals surface area contributed by atoms with Gasteiger partial charge in [0, 0.05) is 5.69 Å². The molecule has 0 aliphatic heterocycles. The van der Waals surface area contributed by atoms with E-state index in [1.165, 1.54) is 19.2 Å². The third-order valence-corrected chi connectivity index (χ3v) is 2.86. The highest BCUT2D eigenvalue weighted by molar-refractivity contribution is 5.81. The van der Waals surface area contributed by atoms with Crippen LogP contribution in [0.4, 0.5) is 15.8 Å². The molecule has 0 aliphatic rings. The van der Waals surface area contributed by atoms with Crippen molar-refractivity contribution < 1.29 is 13.9 Å². The molecule has 2 rings (SSSR count). The van der Waals surface area contributed by atoms with Gasteiger partial charge in [-0.1, -0.05) is 30.3 Å². The summed E-state index contributed by atoms with van der Waals surface area (Å²) in [5.74, 6) is -1.01. The number of nitrogens with one attached hydrogen (secondary N) is 1. The van der Waals surface area contributed by atoms with E-state index in [-0.39, 0.29) is 5.69 Å². The average molecular weight is 274 g/mol. The molecule has 0 radical (unpaired) electrons. The number of hydrogen-bond donors (Lipinski definition) is 2. The van der Waals surface area contributed by atoms with E-state index in [4.69, 9.17) is 10.5 Å². The summed E-state index contributed by atoms with van der Waals surface area (Å²) in [5, 5.41) is 2.84. The fraction of sp³-hybridized carbons (Fsp3) is 0.133. The van der Waals surface area contributed by atoms with Crippen LogP contribution in [0.15, 0.2) is 48.5 Å². The van der Waals surface area contributed by atoms with Gasteiger partial charge in [0.15, 0.2) is 6.04 Å². The van der Waals surface area contributed by atoms with Crippen molar-refractivity contribution in [2.45, 2.75) is 6.04 Å². The van der Waals surface area contributed by atoms with Crippen molar-refractivity contribution in [1.29, 1.82) is 0 Å². The van der Waals surface area contributed by atoms with Gasteiger partial charge in [-0.25, -0.2) is 9.18 Å². The summed E-state index contributed by atoms with van der Waals surface area (Å²) in [6, 6.07) is 12.4. The molecular formula is C15H15FN2O2. The minimum Gasteiger partial charge on any atom is -0.467 e. The van der Waals surface area contributed by atoms with E-state index < -0.39 is 17.8 Å². The molecule has 0 aromatic heterocycles. The van der Waals surface area contributed by atoms with Crippen LogP contribution in [0.5, 0.6) is 0 Å². The van der Waals surface area contributed by atoms with Gasteiger partial charge in [-0.05, 0) is 23.8 Å². The van der Waals surface area contributed by atoms with Crippen molar-refractivity contribution in [2.24, 2.45) is 0 Å². The van der Waals surface area contributed by atoms with Crippen molar-refractivity contribution in [1.82, 2.24) is 0 Å². The maximum absolute atomic E-state index is 13.8. The molecule has 1 atom stereocenters. The second kappa shape index (κ2) is 6.06. The van der Waals surface area contributed by atoms with Gasteiger partial charge < -0.3 is 15.8 Å². The number of carbonyl (C=O) groups is 1. The molecule has 0 saturated heterocycles. The van der Waals surface area contributed by atoms with E-state index in [9.17, 15) is 9.18 Å². The molecule has 0 heterocycles. The second-order valence-corrected chi connectivity index (χ2v) is 4.25. The van der Waals surface area contributed by atoms with Crippen LogP contribution in [0, 0.1) is 5.82 Å². The Morgan fingerprint density at radius 2 is 1.95 bits per heavy atom. The maximum atomic E-state index is 13.8. The first kappa shape index (κ1) is 13.9. The van der Waals surface area contributed by atoms with Gasteiger partial charge >= 0.3 is 5.97 Å². The summed E-state index contributed by atoms with van der Waals surface area (Å²) in [6.45, 7) is 0. The summed E-state index contributed by atoms with van der Waals surface area (Å²) < 4.78 is 18.6. The molecular weight excluding hydrogens is 259 g/mol. The van der Waals surface area contributed by atoms with Crippen LogP contribution in [-0.2, 0) is 9.53 Å². The summed E-state index contributed by atoms with van der Waals surface area (Å²) in [6.07, 6.45) is 0. The monoisotopic (exact) mass is 274 g/mol. The van der Waals surface area contributed by atoms with Crippen LogP contribution in [0.3, 0.4) is 0 Å². The highest BCUT2D eigenvalue weighted by atomic mass is 19.1. The van der Waals surface area contributed by atoms with Gasteiger partial charge in [-0.3, -0.25) is 0 Å². The van der Waals surface area contributed by atoms with Crippen molar-refractivity contribution in [3.05, 3.63) is 59.9 Å². The van der Waals surface area contributed by atoms with Crippen LogP contribution in [0.1, 0.15) is 11.6 Å². The number of nitrogen functional groups attached to an aromatic ring is 1. The lowest BCUT2D eigenvalue weighted by atomic mass is 10.1. The number of esters is 1. The van der Waals surface area contributed by atoms with Gasteiger partial charge in [0.1, 0.15) is 5.82 Å². The summed E-state index contributed by atoms with van der Waals surface area (Å²) in [4.78, 5) is 11.9.